The molecule has 0 fully saturated rings. The van der Waals surface area contributed by atoms with Gasteiger partial charge < -0.3 is 9.72 Å². The van der Waals surface area contributed by atoms with Gasteiger partial charge in [0.25, 0.3) is 0 Å². The first kappa shape index (κ1) is 13.9. The highest BCUT2D eigenvalue weighted by Crippen LogP contribution is 2.29. The van der Waals surface area contributed by atoms with E-state index in [4.69, 9.17) is 17.0 Å². The van der Waals surface area contributed by atoms with Crippen LogP contribution >= 0.6 is 12.2 Å². The minimum Gasteiger partial charge on any atom is -0.492 e. The summed E-state index contributed by atoms with van der Waals surface area (Å²) < 4.78 is 8.45. The van der Waals surface area contributed by atoms with Gasteiger partial charge in [-0.25, -0.2) is 0 Å². The number of aryl methyl sites for hydroxylation is 1. The number of aromatic nitrogens is 2. The van der Waals surface area contributed by atoms with Crippen LogP contribution in [0.5, 0.6) is 5.75 Å². The zero-order chi connectivity index (χ0) is 15.0. The van der Waals surface area contributed by atoms with Gasteiger partial charge in [-0.15, -0.1) is 0 Å². The Hall–Kier alpha value is -2.07. The summed E-state index contributed by atoms with van der Waals surface area (Å²) >= 11 is 5.53. The van der Waals surface area contributed by atoms with E-state index >= 15 is 0 Å². The van der Waals surface area contributed by atoms with Gasteiger partial charge >= 0.3 is 0 Å². The van der Waals surface area contributed by atoms with E-state index in [-0.39, 0.29) is 0 Å². The van der Waals surface area contributed by atoms with E-state index in [2.05, 4.69) is 47.7 Å². The molecule has 3 aromatic rings. The minimum atomic E-state index is 0.633. The number of hydrogen-bond donors (Lipinski definition) is 1. The smallest absolute Gasteiger partial charge is 0.182 e. The lowest BCUT2D eigenvalue weighted by Gasteiger charge is -2.11. The maximum atomic E-state index is 5.69. The van der Waals surface area contributed by atoms with Gasteiger partial charge in [0.1, 0.15) is 11.3 Å². The molecule has 0 atom stereocenters. The molecule has 4 heteroatoms. The van der Waals surface area contributed by atoms with Crippen LogP contribution in [0.2, 0.25) is 0 Å². The third-order valence-corrected chi connectivity index (χ3v) is 4.08. The number of nitrogens with zero attached hydrogens (tertiary/aromatic N) is 1. The van der Waals surface area contributed by atoms with Gasteiger partial charge in [0.2, 0.25) is 0 Å². The van der Waals surface area contributed by atoms with Crippen molar-refractivity contribution in [2.75, 3.05) is 6.61 Å². The number of nitrogens with one attached hydrogen (secondary N) is 1. The monoisotopic (exact) mass is 298 g/mol. The lowest BCUT2D eigenvalue weighted by molar-refractivity contribution is 0.343. The molecule has 0 bridgehead atoms. The number of rotatable bonds is 3. The Morgan fingerprint density at radius 1 is 1.14 bits per heavy atom. The molecule has 1 N–H and O–H groups in total. The van der Waals surface area contributed by atoms with Crippen molar-refractivity contribution in [3.63, 3.8) is 0 Å². The van der Waals surface area contributed by atoms with Crippen LogP contribution in [0.15, 0.2) is 36.4 Å². The van der Waals surface area contributed by atoms with Crippen LogP contribution < -0.4 is 4.74 Å². The molecule has 0 amide bonds. The Balaban J connectivity index is 2.34. The molecule has 2 aromatic carbocycles. The third-order valence-electron chi connectivity index (χ3n) is 3.80. The first-order valence-corrected chi connectivity index (χ1v) is 7.47. The molecule has 3 rings (SSSR count). The number of benzene rings is 2. The van der Waals surface area contributed by atoms with Crippen molar-refractivity contribution in [3.05, 3.63) is 52.3 Å². The van der Waals surface area contributed by atoms with Gasteiger partial charge in [-0.05, 0) is 62.3 Å². The predicted molar refractivity (Wildman–Crippen MR) is 89.1 cm³/mol. The van der Waals surface area contributed by atoms with Crippen molar-refractivity contribution < 1.29 is 4.74 Å². The van der Waals surface area contributed by atoms with Crippen LogP contribution in [0.25, 0.3) is 16.7 Å². The van der Waals surface area contributed by atoms with E-state index in [1.165, 1.54) is 11.1 Å². The van der Waals surface area contributed by atoms with Crippen molar-refractivity contribution >= 4 is 23.3 Å². The van der Waals surface area contributed by atoms with Gasteiger partial charge in [-0.2, -0.15) is 0 Å². The van der Waals surface area contributed by atoms with Crippen molar-refractivity contribution in [1.29, 1.82) is 0 Å². The maximum absolute atomic E-state index is 5.69. The fourth-order valence-electron chi connectivity index (χ4n) is 2.60. The van der Waals surface area contributed by atoms with Gasteiger partial charge in [0.05, 0.1) is 17.8 Å². The van der Waals surface area contributed by atoms with Crippen LogP contribution in [0.1, 0.15) is 18.1 Å². The second kappa shape index (κ2) is 5.37. The van der Waals surface area contributed by atoms with E-state index in [9.17, 15) is 0 Å². The number of H-pyrrole nitrogens is 1. The van der Waals surface area contributed by atoms with Crippen LogP contribution in [-0.2, 0) is 0 Å². The Kier molecular flexibility index (Phi) is 3.55. The molecule has 0 aliphatic carbocycles. The van der Waals surface area contributed by atoms with Gasteiger partial charge in [0, 0.05) is 0 Å². The fraction of sp³-hybridized carbons (Fsp3) is 0.235. The van der Waals surface area contributed by atoms with Gasteiger partial charge in [-0.3, -0.25) is 4.57 Å². The summed E-state index contributed by atoms with van der Waals surface area (Å²) in [6.07, 6.45) is 0. The third kappa shape index (κ3) is 2.25. The van der Waals surface area contributed by atoms with Crippen LogP contribution in [0.3, 0.4) is 0 Å². The summed E-state index contributed by atoms with van der Waals surface area (Å²) in [5, 5.41) is 0. The molecule has 1 aromatic heterocycles. The van der Waals surface area contributed by atoms with Gasteiger partial charge in [0.15, 0.2) is 4.77 Å². The number of hydrogen-bond acceptors (Lipinski definition) is 2. The zero-order valence-electron chi connectivity index (χ0n) is 12.4. The Labute approximate surface area is 129 Å². The lowest BCUT2D eigenvalue weighted by atomic mass is 10.1. The summed E-state index contributed by atoms with van der Waals surface area (Å²) in [5.74, 6) is 0.838. The molecule has 21 heavy (non-hydrogen) atoms. The topological polar surface area (TPSA) is 29.9 Å². The zero-order valence-corrected chi connectivity index (χ0v) is 13.3. The molecule has 3 nitrogen and oxygen atoms in total. The van der Waals surface area contributed by atoms with Crippen LogP contribution in [-0.4, -0.2) is 16.2 Å². The predicted octanol–water partition coefficient (Wildman–Crippen LogP) is 4.70. The minimum absolute atomic E-state index is 0.633. The molecule has 0 aliphatic rings. The van der Waals surface area contributed by atoms with Gasteiger partial charge in [-0.1, -0.05) is 18.2 Å². The summed E-state index contributed by atoms with van der Waals surface area (Å²) in [6, 6.07) is 12.3. The van der Waals surface area contributed by atoms with Crippen molar-refractivity contribution in [2.45, 2.75) is 20.8 Å². The average molecular weight is 298 g/mol. The Morgan fingerprint density at radius 3 is 2.67 bits per heavy atom. The first-order chi connectivity index (χ1) is 10.1. The van der Waals surface area contributed by atoms with Crippen molar-refractivity contribution in [3.8, 4) is 11.4 Å². The Morgan fingerprint density at radius 2 is 1.90 bits per heavy atom. The number of para-hydroxylation sites is 1. The summed E-state index contributed by atoms with van der Waals surface area (Å²) in [6.45, 7) is 6.85. The molecule has 0 unspecified atom stereocenters. The molecule has 108 valence electrons. The van der Waals surface area contributed by atoms with E-state index < -0.39 is 0 Å². The number of fused-ring (bicyclic) bond motifs is 1. The molecular formula is C17H18N2OS. The summed E-state index contributed by atoms with van der Waals surface area (Å²) in [7, 11) is 0. The SMILES string of the molecule is CCOc1cccc2c1[nH]c(=S)n2-c1cccc(C)c1C. The second-order valence-corrected chi connectivity index (χ2v) is 5.45. The number of ether oxygens (including phenoxy) is 1. The lowest BCUT2D eigenvalue weighted by Crippen LogP contribution is -1.98. The largest absolute Gasteiger partial charge is 0.492 e. The molecule has 0 saturated heterocycles. The van der Waals surface area contributed by atoms with E-state index in [0.717, 1.165) is 22.5 Å². The van der Waals surface area contributed by atoms with E-state index in [1.54, 1.807) is 0 Å². The first-order valence-electron chi connectivity index (χ1n) is 7.06. The fourth-order valence-corrected chi connectivity index (χ4v) is 2.90. The molecule has 0 spiro atoms. The van der Waals surface area contributed by atoms with Crippen molar-refractivity contribution in [1.82, 2.24) is 9.55 Å². The highest BCUT2D eigenvalue weighted by Gasteiger charge is 2.12. The molecule has 0 saturated carbocycles. The maximum Gasteiger partial charge on any atom is 0.182 e. The van der Waals surface area contributed by atoms with E-state index in [1.807, 2.05) is 19.1 Å². The van der Waals surface area contributed by atoms with E-state index in [0.29, 0.717) is 11.4 Å². The molecule has 1 heterocycles. The quantitative estimate of drug-likeness (QED) is 0.710. The standard InChI is InChI=1S/C17H18N2OS/c1-4-20-15-10-6-9-14-16(15)18-17(21)19(14)13-8-5-7-11(2)12(13)3/h5-10H,4H2,1-3H3,(H,18,21). The highest BCUT2D eigenvalue weighted by atomic mass is 32.1. The van der Waals surface area contributed by atoms with Crippen LogP contribution in [0.4, 0.5) is 0 Å². The normalized spacial score (nSPS) is 11.0. The molecular weight excluding hydrogens is 280 g/mol. The summed E-state index contributed by atoms with van der Waals surface area (Å²) in [5.41, 5.74) is 5.59. The second-order valence-electron chi connectivity index (χ2n) is 5.07. The number of aromatic amines is 1. The Bertz CT molecular complexity index is 861. The molecule has 0 aliphatic heterocycles. The summed E-state index contributed by atoms with van der Waals surface area (Å²) in [4.78, 5) is 3.28. The van der Waals surface area contributed by atoms with Crippen LogP contribution in [0, 0.1) is 18.6 Å². The van der Waals surface area contributed by atoms with Crippen molar-refractivity contribution in [2.24, 2.45) is 0 Å². The highest BCUT2D eigenvalue weighted by molar-refractivity contribution is 7.71. The average Bonchev–Trinajstić information content (AvgIpc) is 2.80. The molecule has 0 radical (unpaired) electrons. The number of imidazole rings is 1.